The predicted molar refractivity (Wildman–Crippen MR) is 63.8 cm³/mol. The fourth-order valence-electron chi connectivity index (χ4n) is 1.26. The van der Waals surface area contributed by atoms with Gasteiger partial charge in [0, 0.05) is 30.9 Å². The van der Waals surface area contributed by atoms with Gasteiger partial charge in [0.2, 0.25) is 0 Å². The van der Waals surface area contributed by atoms with Crippen molar-refractivity contribution >= 4 is 23.0 Å². The third-order valence-corrected chi connectivity index (χ3v) is 2.17. The van der Waals surface area contributed by atoms with Crippen LogP contribution in [0.2, 0.25) is 5.02 Å². The van der Waals surface area contributed by atoms with E-state index < -0.39 is 0 Å². The Labute approximate surface area is 95.2 Å². The molecule has 0 aromatic heterocycles. The van der Waals surface area contributed by atoms with Gasteiger partial charge in [0.1, 0.15) is 0 Å². The maximum absolute atomic E-state index is 11.4. The molecule has 0 aliphatic heterocycles. The highest BCUT2D eigenvalue weighted by Gasteiger charge is 2.07. The van der Waals surface area contributed by atoms with Crippen LogP contribution in [0.1, 0.15) is 12.5 Å². The molecule has 0 amide bonds. The van der Waals surface area contributed by atoms with Crippen LogP contribution in [-0.2, 0) is 4.79 Å². The second-order valence-electron chi connectivity index (χ2n) is 3.57. The van der Waals surface area contributed by atoms with Gasteiger partial charge in [0.05, 0.1) is 0 Å². The zero-order valence-corrected chi connectivity index (χ0v) is 9.88. The molecule has 3 heteroatoms. The first-order chi connectivity index (χ1) is 7.00. The van der Waals surface area contributed by atoms with E-state index in [-0.39, 0.29) is 5.78 Å². The van der Waals surface area contributed by atoms with E-state index in [9.17, 15) is 4.79 Å². The molecular formula is C12H14ClNO. The molecule has 1 rings (SSSR count). The number of hydrogen-bond donors (Lipinski definition) is 0. The Hall–Kier alpha value is -1.28. The third-order valence-electron chi connectivity index (χ3n) is 1.92. The second-order valence-corrected chi connectivity index (χ2v) is 4.01. The van der Waals surface area contributed by atoms with Crippen molar-refractivity contribution in [3.63, 3.8) is 0 Å². The van der Waals surface area contributed by atoms with Crippen LogP contribution >= 0.6 is 11.6 Å². The summed E-state index contributed by atoms with van der Waals surface area (Å²) in [6.07, 6.45) is 1.81. The Kier molecular flexibility index (Phi) is 3.92. The zero-order valence-electron chi connectivity index (χ0n) is 9.12. The van der Waals surface area contributed by atoms with E-state index in [4.69, 9.17) is 11.6 Å². The highest BCUT2D eigenvalue weighted by Crippen LogP contribution is 2.18. The minimum Gasteiger partial charge on any atom is -0.383 e. The number of allylic oxidation sites excluding steroid dienone is 1. The normalized spacial score (nSPS) is 11.3. The predicted octanol–water partition coefficient (Wildman–Crippen LogP) is 2.83. The number of rotatable bonds is 3. The lowest BCUT2D eigenvalue weighted by atomic mass is 10.0. The lowest BCUT2D eigenvalue weighted by Crippen LogP contribution is -2.06. The van der Waals surface area contributed by atoms with Crippen LogP contribution in [0.5, 0.6) is 0 Å². The lowest BCUT2D eigenvalue weighted by Gasteiger charge is -2.09. The number of halogens is 1. The maximum atomic E-state index is 11.4. The highest BCUT2D eigenvalue weighted by molar-refractivity contribution is 6.30. The van der Waals surface area contributed by atoms with E-state index in [0.29, 0.717) is 10.6 Å². The van der Waals surface area contributed by atoms with Crippen molar-refractivity contribution in [1.29, 1.82) is 0 Å². The van der Waals surface area contributed by atoms with Crippen LogP contribution in [0, 0.1) is 0 Å². The summed E-state index contributed by atoms with van der Waals surface area (Å²) in [5, 5.41) is 0.673. The molecular weight excluding hydrogens is 210 g/mol. The number of ketones is 1. The summed E-state index contributed by atoms with van der Waals surface area (Å²) in [5.41, 5.74) is 1.58. The van der Waals surface area contributed by atoms with E-state index in [1.807, 2.05) is 37.3 Å². The van der Waals surface area contributed by atoms with Crippen molar-refractivity contribution in [2.24, 2.45) is 0 Å². The number of hydrogen-bond acceptors (Lipinski definition) is 2. The van der Waals surface area contributed by atoms with Crippen molar-refractivity contribution in [2.75, 3.05) is 14.1 Å². The molecule has 0 aliphatic rings. The van der Waals surface area contributed by atoms with Gasteiger partial charge < -0.3 is 4.90 Å². The standard InChI is InChI=1S/C12H14ClNO/c1-9(15)12(8-14(2)3)10-4-6-11(13)7-5-10/h4-8H,1-3H3/b12-8-. The molecule has 0 spiro atoms. The molecule has 1 aromatic rings. The molecule has 0 radical (unpaired) electrons. The van der Waals surface area contributed by atoms with Gasteiger partial charge >= 0.3 is 0 Å². The topological polar surface area (TPSA) is 20.3 Å². The highest BCUT2D eigenvalue weighted by atomic mass is 35.5. The summed E-state index contributed by atoms with van der Waals surface area (Å²) in [5.74, 6) is 0.0472. The average Bonchev–Trinajstić information content (AvgIpc) is 2.15. The van der Waals surface area contributed by atoms with Gasteiger partial charge in [0.25, 0.3) is 0 Å². The van der Waals surface area contributed by atoms with Crippen LogP contribution in [0.15, 0.2) is 30.5 Å². The number of carbonyl (C=O) groups is 1. The van der Waals surface area contributed by atoms with Gasteiger partial charge in [-0.15, -0.1) is 0 Å². The molecule has 2 nitrogen and oxygen atoms in total. The fraction of sp³-hybridized carbons (Fsp3) is 0.250. The van der Waals surface area contributed by atoms with Crippen molar-refractivity contribution in [3.8, 4) is 0 Å². The van der Waals surface area contributed by atoms with E-state index >= 15 is 0 Å². The molecule has 80 valence electrons. The van der Waals surface area contributed by atoms with E-state index in [2.05, 4.69) is 0 Å². The van der Waals surface area contributed by atoms with Crippen molar-refractivity contribution in [3.05, 3.63) is 41.1 Å². The Morgan fingerprint density at radius 2 is 1.80 bits per heavy atom. The van der Waals surface area contributed by atoms with Gasteiger partial charge in [0.15, 0.2) is 5.78 Å². The molecule has 0 saturated heterocycles. The molecule has 0 aliphatic carbocycles. The maximum Gasteiger partial charge on any atom is 0.161 e. The Morgan fingerprint density at radius 3 is 2.20 bits per heavy atom. The quantitative estimate of drug-likeness (QED) is 0.735. The molecule has 0 saturated carbocycles. The summed E-state index contributed by atoms with van der Waals surface area (Å²) in [6, 6.07) is 7.25. The minimum absolute atomic E-state index is 0.0472. The summed E-state index contributed by atoms with van der Waals surface area (Å²) >= 11 is 5.79. The first kappa shape index (κ1) is 11.8. The third kappa shape index (κ3) is 3.40. The van der Waals surface area contributed by atoms with Crippen LogP contribution in [-0.4, -0.2) is 24.8 Å². The van der Waals surface area contributed by atoms with Gasteiger partial charge in [-0.1, -0.05) is 23.7 Å². The molecule has 0 bridgehead atoms. The molecule has 0 unspecified atom stereocenters. The van der Waals surface area contributed by atoms with Crippen molar-refractivity contribution < 1.29 is 4.79 Å². The number of benzene rings is 1. The molecule has 0 atom stereocenters. The number of carbonyl (C=O) groups excluding carboxylic acids is 1. The second kappa shape index (κ2) is 4.99. The molecule has 0 fully saturated rings. The molecule has 1 aromatic carbocycles. The lowest BCUT2D eigenvalue weighted by molar-refractivity contribution is -0.111. The smallest absolute Gasteiger partial charge is 0.161 e. The Bertz CT molecular complexity index is 379. The van der Waals surface area contributed by atoms with Gasteiger partial charge in [-0.05, 0) is 24.6 Å². The monoisotopic (exact) mass is 223 g/mol. The number of nitrogens with zero attached hydrogens (tertiary/aromatic N) is 1. The number of Topliss-reactive ketones (excluding diaryl/α,β-unsaturated/α-hetero) is 1. The average molecular weight is 224 g/mol. The van der Waals surface area contributed by atoms with Gasteiger partial charge in [-0.25, -0.2) is 0 Å². The largest absolute Gasteiger partial charge is 0.383 e. The van der Waals surface area contributed by atoms with E-state index in [1.165, 1.54) is 0 Å². The van der Waals surface area contributed by atoms with Gasteiger partial charge in [-0.3, -0.25) is 4.79 Å². The molecule has 15 heavy (non-hydrogen) atoms. The Balaban J connectivity index is 3.11. The first-order valence-electron chi connectivity index (χ1n) is 4.66. The summed E-state index contributed by atoms with van der Waals surface area (Å²) < 4.78 is 0. The first-order valence-corrected chi connectivity index (χ1v) is 5.03. The summed E-state index contributed by atoms with van der Waals surface area (Å²) in [4.78, 5) is 13.3. The van der Waals surface area contributed by atoms with Crippen LogP contribution < -0.4 is 0 Å². The molecule has 0 heterocycles. The summed E-state index contributed by atoms with van der Waals surface area (Å²) in [7, 11) is 3.78. The van der Waals surface area contributed by atoms with Crippen LogP contribution in [0.4, 0.5) is 0 Å². The summed E-state index contributed by atoms with van der Waals surface area (Å²) in [6.45, 7) is 1.56. The zero-order chi connectivity index (χ0) is 11.4. The van der Waals surface area contributed by atoms with E-state index in [0.717, 1.165) is 5.56 Å². The van der Waals surface area contributed by atoms with Crippen LogP contribution in [0.3, 0.4) is 0 Å². The Morgan fingerprint density at radius 1 is 1.27 bits per heavy atom. The fourth-order valence-corrected chi connectivity index (χ4v) is 1.38. The SMILES string of the molecule is CC(=O)/C(=C/N(C)C)c1ccc(Cl)cc1. The minimum atomic E-state index is 0.0472. The van der Waals surface area contributed by atoms with Crippen LogP contribution in [0.25, 0.3) is 5.57 Å². The van der Waals surface area contributed by atoms with Crippen molar-refractivity contribution in [1.82, 2.24) is 4.90 Å². The van der Waals surface area contributed by atoms with E-state index in [1.54, 1.807) is 19.1 Å². The van der Waals surface area contributed by atoms with Gasteiger partial charge in [-0.2, -0.15) is 0 Å². The molecule has 0 N–H and O–H groups in total. The van der Waals surface area contributed by atoms with Crippen molar-refractivity contribution in [2.45, 2.75) is 6.92 Å².